The van der Waals surface area contributed by atoms with Gasteiger partial charge in [0.1, 0.15) is 19.8 Å². The maximum Gasteiger partial charge on any atom is 0.306 e. The number of phosphoric ester groups is 1. The van der Waals surface area contributed by atoms with Crippen LogP contribution in [0, 0.1) is 0 Å². The number of esters is 2. The number of hydrogen-bond acceptors (Lipinski definition) is 8. The third kappa shape index (κ3) is 41.6. The summed E-state index contributed by atoms with van der Waals surface area (Å²) in [5.74, 6) is -0.862. The Morgan fingerprint density at radius 1 is 0.607 bits per heavy atom. The molecule has 0 aromatic heterocycles. The Labute approximate surface area is 343 Å². The molecule has 0 heterocycles. The second kappa shape index (κ2) is 38.5. The highest BCUT2D eigenvalue weighted by Crippen LogP contribution is 2.38. The highest BCUT2D eigenvalue weighted by Gasteiger charge is 2.21. The van der Waals surface area contributed by atoms with Crippen LogP contribution in [-0.4, -0.2) is 70.0 Å². The molecule has 0 saturated heterocycles. The summed E-state index contributed by atoms with van der Waals surface area (Å²) < 4.78 is 33.9. The van der Waals surface area contributed by atoms with Crippen LogP contribution in [0.25, 0.3) is 0 Å². The lowest BCUT2D eigenvalue weighted by atomic mass is 10.0. The molecule has 0 radical (unpaired) electrons. The summed E-state index contributed by atoms with van der Waals surface area (Å²) in [7, 11) is 1.15. The maximum atomic E-state index is 12.7. The predicted molar refractivity (Wildman–Crippen MR) is 231 cm³/mol. The van der Waals surface area contributed by atoms with Crippen LogP contribution < -0.4 is 4.89 Å². The van der Waals surface area contributed by atoms with Crippen LogP contribution in [0.2, 0.25) is 0 Å². The third-order valence-electron chi connectivity index (χ3n) is 9.47. The minimum atomic E-state index is -4.63. The van der Waals surface area contributed by atoms with Crippen molar-refractivity contribution in [1.29, 1.82) is 0 Å². The first kappa shape index (κ1) is 54.0. The summed E-state index contributed by atoms with van der Waals surface area (Å²) in [6.45, 7) is 5.69. The fraction of sp³-hybridized carbons (Fsp3) is 0.783. The number of quaternary nitrogens is 1. The van der Waals surface area contributed by atoms with Gasteiger partial charge in [0, 0.05) is 12.8 Å². The molecule has 0 aliphatic carbocycles. The first-order valence-electron chi connectivity index (χ1n) is 22.3. The maximum absolute atomic E-state index is 12.7. The summed E-state index contributed by atoms with van der Waals surface area (Å²) in [5, 5.41) is 0. The zero-order valence-electron chi connectivity index (χ0n) is 36.4. The van der Waals surface area contributed by atoms with Crippen molar-refractivity contribution in [3.8, 4) is 0 Å². The fourth-order valence-corrected chi connectivity index (χ4v) is 6.66. The summed E-state index contributed by atoms with van der Waals surface area (Å²) in [6.07, 6.45) is 43.1. The summed E-state index contributed by atoms with van der Waals surface area (Å²) in [4.78, 5) is 37.5. The van der Waals surface area contributed by atoms with E-state index in [0.29, 0.717) is 23.9 Å². The number of nitrogens with zero attached hydrogens (tertiary/aromatic N) is 1. The molecular weight excluding hydrogens is 725 g/mol. The van der Waals surface area contributed by atoms with E-state index in [9.17, 15) is 19.0 Å². The lowest BCUT2D eigenvalue weighted by molar-refractivity contribution is -0.870. The molecule has 0 rings (SSSR count). The Hall–Kier alpha value is -2.03. The van der Waals surface area contributed by atoms with Gasteiger partial charge in [-0.05, 0) is 64.2 Å². The molecule has 0 amide bonds. The van der Waals surface area contributed by atoms with Crippen molar-refractivity contribution in [1.82, 2.24) is 0 Å². The topological polar surface area (TPSA) is 111 Å². The summed E-state index contributed by atoms with van der Waals surface area (Å²) in [5.41, 5.74) is 0. The van der Waals surface area contributed by atoms with Gasteiger partial charge in [0.15, 0.2) is 6.10 Å². The van der Waals surface area contributed by atoms with Crippen LogP contribution in [0.3, 0.4) is 0 Å². The lowest BCUT2D eigenvalue weighted by Gasteiger charge is -2.28. The van der Waals surface area contributed by atoms with Crippen LogP contribution in [0.5, 0.6) is 0 Å². The van der Waals surface area contributed by atoms with E-state index in [1.54, 1.807) is 0 Å². The van der Waals surface area contributed by atoms with Gasteiger partial charge in [-0.3, -0.25) is 14.2 Å². The molecule has 2 atom stereocenters. The average Bonchev–Trinajstić information content (AvgIpc) is 3.15. The molecule has 0 aliphatic heterocycles. The molecular formula is C46H84NO8P. The van der Waals surface area contributed by atoms with Gasteiger partial charge < -0.3 is 27.9 Å². The Balaban J connectivity index is 4.38. The molecule has 0 saturated carbocycles. The van der Waals surface area contributed by atoms with Crippen LogP contribution in [0.15, 0.2) is 49.1 Å². The van der Waals surface area contributed by atoms with E-state index in [1.165, 1.54) is 83.5 Å². The number of hydrogen-bond donors (Lipinski definition) is 0. The number of phosphoric acid groups is 1. The van der Waals surface area contributed by atoms with E-state index in [2.05, 4.69) is 50.0 Å². The van der Waals surface area contributed by atoms with Gasteiger partial charge in [-0.2, -0.15) is 0 Å². The normalized spacial score (nSPS) is 13.8. The number of allylic oxidation sites excluding steroid dienone is 7. The summed E-state index contributed by atoms with van der Waals surface area (Å²) >= 11 is 0. The quantitative estimate of drug-likeness (QED) is 0.0197. The first-order chi connectivity index (χ1) is 27.0. The van der Waals surface area contributed by atoms with Crippen molar-refractivity contribution in [3.05, 3.63) is 49.1 Å². The Morgan fingerprint density at radius 3 is 1.55 bits per heavy atom. The molecule has 10 heteroatoms. The molecule has 0 aromatic carbocycles. The van der Waals surface area contributed by atoms with E-state index in [4.69, 9.17) is 18.5 Å². The molecule has 9 nitrogen and oxygen atoms in total. The smallest absolute Gasteiger partial charge is 0.306 e. The molecule has 0 bridgehead atoms. The third-order valence-corrected chi connectivity index (χ3v) is 10.4. The molecule has 0 spiro atoms. The number of likely N-dealkylation sites (N-methyl/N-ethyl adjacent to an activating group) is 1. The van der Waals surface area contributed by atoms with Crippen LogP contribution in [0.1, 0.15) is 180 Å². The number of carbonyl (C=O) groups excluding carboxylic acids is 2. The van der Waals surface area contributed by atoms with E-state index in [-0.39, 0.29) is 26.1 Å². The average molecular weight is 810 g/mol. The SMILES string of the molecule is C=CCCCCCCCCCCCCCCCC(=O)O[C@H](COC(=O)CCCCCC/C=C/C/C=C/C/C=C/CCCCC)COP(=O)([O-])OCC[N+](C)(C)C. The number of rotatable bonds is 41. The highest BCUT2D eigenvalue weighted by molar-refractivity contribution is 7.45. The Kier molecular flexibility index (Phi) is 37.1. The van der Waals surface area contributed by atoms with Crippen molar-refractivity contribution in [2.24, 2.45) is 0 Å². The van der Waals surface area contributed by atoms with Crippen molar-refractivity contribution in [2.45, 2.75) is 186 Å². The van der Waals surface area contributed by atoms with Crippen LogP contribution in [0.4, 0.5) is 0 Å². The van der Waals surface area contributed by atoms with Crippen molar-refractivity contribution >= 4 is 19.8 Å². The van der Waals surface area contributed by atoms with Gasteiger partial charge in [-0.25, -0.2) is 0 Å². The largest absolute Gasteiger partial charge is 0.756 e. The van der Waals surface area contributed by atoms with Crippen molar-refractivity contribution in [2.75, 3.05) is 47.5 Å². The van der Waals surface area contributed by atoms with Gasteiger partial charge in [0.05, 0.1) is 27.7 Å². The summed E-state index contributed by atoms with van der Waals surface area (Å²) in [6, 6.07) is 0. The van der Waals surface area contributed by atoms with E-state index >= 15 is 0 Å². The molecule has 1 unspecified atom stereocenters. The second-order valence-electron chi connectivity index (χ2n) is 16.1. The standard InChI is InChI=1S/C46H84NO8P/c1-6-8-10-12-14-16-18-20-22-23-25-26-28-30-32-34-36-38-45(48)52-42-44(43-54-56(50,51)53-41-40-47(3,4)5)55-46(49)39-37-35-33-31-29-27-24-21-19-17-15-13-11-9-7-2/h7,14,16,20,22,25-26,44H,2,6,8-13,15,17-19,21,23-24,27-43H2,1,3-5H3/b16-14+,22-20+,26-25+/t44-/m1/s1. The first-order valence-corrected chi connectivity index (χ1v) is 23.8. The van der Waals surface area contributed by atoms with Gasteiger partial charge >= 0.3 is 11.9 Å². The van der Waals surface area contributed by atoms with Gasteiger partial charge in [0.25, 0.3) is 7.82 Å². The minimum Gasteiger partial charge on any atom is -0.756 e. The van der Waals surface area contributed by atoms with Gasteiger partial charge in [0.2, 0.25) is 0 Å². The number of carbonyl (C=O) groups is 2. The molecule has 326 valence electrons. The highest BCUT2D eigenvalue weighted by atomic mass is 31.2. The number of unbranched alkanes of at least 4 members (excludes halogenated alkanes) is 20. The zero-order valence-corrected chi connectivity index (χ0v) is 37.3. The lowest BCUT2D eigenvalue weighted by Crippen LogP contribution is -2.37. The van der Waals surface area contributed by atoms with Gasteiger partial charge in [-0.15, -0.1) is 6.58 Å². The Morgan fingerprint density at radius 2 is 1.05 bits per heavy atom. The minimum absolute atomic E-state index is 0.0363. The second-order valence-corrected chi connectivity index (χ2v) is 17.6. The molecule has 0 N–H and O–H groups in total. The monoisotopic (exact) mass is 810 g/mol. The van der Waals surface area contributed by atoms with Gasteiger partial charge in [-0.1, -0.05) is 146 Å². The fourth-order valence-electron chi connectivity index (χ4n) is 5.93. The van der Waals surface area contributed by atoms with Crippen LogP contribution in [-0.2, 0) is 32.7 Å². The molecule has 0 aliphatic rings. The number of ether oxygens (including phenoxy) is 2. The molecule has 0 fully saturated rings. The Bertz CT molecular complexity index is 1080. The van der Waals surface area contributed by atoms with E-state index < -0.39 is 32.5 Å². The van der Waals surface area contributed by atoms with Crippen LogP contribution >= 0.6 is 7.82 Å². The predicted octanol–water partition coefficient (Wildman–Crippen LogP) is 12.1. The zero-order chi connectivity index (χ0) is 41.4. The molecule has 0 aromatic rings. The van der Waals surface area contributed by atoms with E-state index in [1.807, 2.05) is 27.2 Å². The molecule has 56 heavy (non-hydrogen) atoms. The van der Waals surface area contributed by atoms with E-state index in [0.717, 1.165) is 64.2 Å². The van der Waals surface area contributed by atoms with Crippen molar-refractivity contribution < 1.29 is 42.1 Å². The van der Waals surface area contributed by atoms with Crippen molar-refractivity contribution in [3.63, 3.8) is 0 Å².